The highest BCUT2D eigenvalue weighted by Gasteiger charge is 2.30. The van der Waals surface area contributed by atoms with E-state index in [-0.39, 0.29) is 17.6 Å². The van der Waals surface area contributed by atoms with E-state index in [0.717, 1.165) is 25.6 Å². The van der Waals surface area contributed by atoms with E-state index in [0.29, 0.717) is 37.6 Å². The second-order valence-electron chi connectivity index (χ2n) is 8.08. The molecule has 1 aliphatic rings. The van der Waals surface area contributed by atoms with Crippen molar-refractivity contribution >= 4 is 5.91 Å². The second kappa shape index (κ2) is 9.82. The van der Waals surface area contributed by atoms with Gasteiger partial charge in [-0.3, -0.25) is 9.69 Å². The van der Waals surface area contributed by atoms with Gasteiger partial charge in [0.25, 0.3) is 5.91 Å². The van der Waals surface area contributed by atoms with Crippen LogP contribution in [0.15, 0.2) is 34.9 Å². The van der Waals surface area contributed by atoms with E-state index in [1.165, 1.54) is 18.4 Å². The van der Waals surface area contributed by atoms with E-state index in [1.54, 1.807) is 11.0 Å². The maximum Gasteiger partial charge on any atom is 0.416 e. The molecule has 1 atom stereocenters. The zero-order valence-electron chi connectivity index (χ0n) is 18.2. The molecule has 6 nitrogen and oxygen atoms in total. The molecule has 2 heterocycles. The molecule has 0 N–H and O–H groups in total. The number of halogens is 3. The summed E-state index contributed by atoms with van der Waals surface area (Å²) in [5.41, 5.74) is 0.170. The molecule has 1 saturated heterocycles. The SMILES string of the molecule is CCC(C)N(Cc1cccc(C(F)(F)F)c1)Cc1nc(C(=O)N2CCN(C)CC2)co1. The van der Waals surface area contributed by atoms with E-state index in [9.17, 15) is 18.0 Å². The van der Waals surface area contributed by atoms with Gasteiger partial charge >= 0.3 is 6.18 Å². The van der Waals surface area contributed by atoms with Gasteiger partial charge in [-0.15, -0.1) is 0 Å². The number of likely N-dealkylation sites (N-methyl/N-ethyl adjacent to an activating group) is 1. The molecule has 9 heteroatoms. The molecule has 31 heavy (non-hydrogen) atoms. The van der Waals surface area contributed by atoms with Gasteiger partial charge in [0.2, 0.25) is 5.89 Å². The number of benzene rings is 1. The number of nitrogens with zero attached hydrogens (tertiary/aromatic N) is 4. The Hall–Kier alpha value is -2.39. The second-order valence-corrected chi connectivity index (χ2v) is 8.08. The molecule has 1 aromatic heterocycles. The van der Waals surface area contributed by atoms with Crippen molar-refractivity contribution in [3.05, 3.63) is 53.2 Å². The molecule has 0 bridgehead atoms. The lowest BCUT2D eigenvalue weighted by Crippen LogP contribution is -2.47. The van der Waals surface area contributed by atoms with Gasteiger partial charge in [-0.05, 0) is 32.0 Å². The molecule has 1 aliphatic heterocycles. The third-order valence-electron chi connectivity index (χ3n) is 5.75. The summed E-state index contributed by atoms with van der Waals surface area (Å²) in [7, 11) is 2.02. The average Bonchev–Trinajstić information content (AvgIpc) is 3.21. The third kappa shape index (κ3) is 6.07. The molecule has 3 rings (SSSR count). The van der Waals surface area contributed by atoms with E-state index in [2.05, 4.69) is 9.88 Å². The van der Waals surface area contributed by atoms with E-state index < -0.39 is 11.7 Å². The van der Waals surface area contributed by atoms with Gasteiger partial charge in [-0.1, -0.05) is 25.1 Å². The highest BCUT2D eigenvalue weighted by atomic mass is 19.4. The maximum atomic E-state index is 13.1. The fraction of sp³-hybridized carbons (Fsp3) is 0.545. The average molecular weight is 438 g/mol. The van der Waals surface area contributed by atoms with E-state index in [4.69, 9.17) is 4.42 Å². The lowest BCUT2D eigenvalue weighted by molar-refractivity contribution is -0.137. The fourth-order valence-corrected chi connectivity index (χ4v) is 3.53. The molecule has 1 fully saturated rings. The Morgan fingerprint density at radius 2 is 1.94 bits per heavy atom. The number of amides is 1. The smallest absolute Gasteiger partial charge is 0.416 e. The van der Waals surface area contributed by atoms with Crippen LogP contribution < -0.4 is 0 Å². The first kappa shape index (κ1) is 23.3. The lowest BCUT2D eigenvalue weighted by atomic mass is 10.1. The Kier molecular flexibility index (Phi) is 7.38. The predicted molar refractivity (Wildman–Crippen MR) is 110 cm³/mol. The molecule has 0 spiro atoms. The number of alkyl halides is 3. The van der Waals surface area contributed by atoms with Crippen molar-refractivity contribution in [2.24, 2.45) is 0 Å². The number of oxazole rings is 1. The van der Waals surface area contributed by atoms with Gasteiger partial charge in [-0.2, -0.15) is 13.2 Å². The van der Waals surface area contributed by atoms with Gasteiger partial charge in [0, 0.05) is 38.8 Å². The monoisotopic (exact) mass is 438 g/mol. The number of aromatic nitrogens is 1. The molecular formula is C22H29F3N4O2. The Bertz CT molecular complexity index is 876. The van der Waals surface area contributed by atoms with Crippen molar-refractivity contribution in [3.63, 3.8) is 0 Å². The van der Waals surface area contributed by atoms with Crippen molar-refractivity contribution in [2.45, 2.75) is 45.6 Å². The van der Waals surface area contributed by atoms with Crippen LogP contribution >= 0.6 is 0 Å². The van der Waals surface area contributed by atoms with Crippen molar-refractivity contribution in [1.29, 1.82) is 0 Å². The summed E-state index contributed by atoms with van der Waals surface area (Å²) < 4.78 is 44.7. The van der Waals surface area contributed by atoms with E-state index in [1.807, 2.05) is 25.8 Å². The number of hydrogen-bond donors (Lipinski definition) is 0. The number of carbonyl (C=O) groups excluding carboxylic acids is 1. The van der Waals surface area contributed by atoms with Crippen LogP contribution in [0.5, 0.6) is 0 Å². The number of piperazine rings is 1. The lowest BCUT2D eigenvalue weighted by Gasteiger charge is -2.31. The summed E-state index contributed by atoms with van der Waals surface area (Å²) in [5, 5.41) is 0. The third-order valence-corrected chi connectivity index (χ3v) is 5.75. The minimum atomic E-state index is -4.38. The van der Waals surface area contributed by atoms with Gasteiger partial charge in [0.15, 0.2) is 5.69 Å². The van der Waals surface area contributed by atoms with Crippen LogP contribution in [0.4, 0.5) is 13.2 Å². The summed E-state index contributed by atoms with van der Waals surface area (Å²) in [6.07, 6.45) is -2.19. The zero-order chi connectivity index (χ0) is 22.6. The molecular weight excluding hydrogens is 409 g/mol. The Labute approximate surface area is 180 Å². The molecule has 170 valence electrons. The van der Waals surface area contributed by atoms with Crippen LogP contribution in [0.25, 0.3) is 0 Å². The minimum Gasteiger partial charge on any atom is -0.447 e. The van der Waals surface area contributed by atoms with E-state index >= 15 is 0 Å². The fourth-order valence-electron chi connectivity index (χ4n) is 3.53. The Morgan fingerprint density at radius 1 is 1.23 bits per heavy atom. The van der Waals surface area contributed by atoms with Gasteiger partial charge in [-0.25, -0.2) is 4.98 Å². The van der Waals surface area contributed by atoms with Crippen LogP contribution in [-0.2, 0) is 19.3 Å². The summed E-state index contributed by atoms with van der Waals surface area (Å²) >= 11 is 0. The van der Waals surface area contributed by atoms with Crippen molar-refractivity contribution in [2.75, 3.05) is 33.2 Å². The number of carbonyl (C=O) groups is 1. The van der Waals surface area contributed by atoms with Crippen LogP contribution in [0.2, 0.25) is 0 Å². The minimum absolute atomic E-state index is 0.0956. The molecule has 0 radical (unpaired) electrons. The predicted octanol–water partition coefficient (Wildman–Crippen LogP) is 3.88. The van der Waals surface area contributed by atoms with Crippen LogP contribution in [0, 0.1) is 0 Å². The summed E-state index contributed by atoms with van der Waals surface area (Å²) in [5.74, 6) is 0.223. The van der Waals surface area contributed by atoms with Crippen molar-refractivity contribution in [1.82, 2.24) is 19.7 Å². The molecule has 2 aromatic rings. The van der Waals surface area contributed by atoms with Crippen molar-refractivity contribution < 1.29 is 22.4 Å². The van der Waals surface area contributed by atoms with Crippen LogP contribution in [-0.4, -0.2) is 64.9 Å². The summed E-state index contributed by atoms with van der Waals surface area (Å²) in [4.78, 5) is 23.0. The number of rotatable bonds is 7. The summed E-state index contributed by atoms with van der Waals surface area (Å²) in [6, 6.07) is 5.44. The molecule has 0 saturated carbocycles. The van der Waals surface area contributed by atoms with Gasteiger partial charge < -0.3 is 14.2 Å². The first-order chi connectivity index (χ1) is 14.7. The van der Waals surface area contributed by atoms with Crippen molar-refractivity contribution in [3.8, 4) is 0 Å². The molecule has 1 unspecified atom stereocenters. The molecule has 1 aromatic carbocycles. The standard InChI is InChI=1S/C22H29F3N4O2/c1-4-16(2)29(13-17-6-5-7-18(12-17)22(23,24)25)14-20-26-19(15-31-20)21(30)28-10-8-27(3)9-11-28/h5-7,12,15-16H,4,8-11,13-14H2,1-3H3. The first-order valence-corrected chi connectivity index (χ1v) is 10.5. The van der Waals surface area contributed by atoms with Gasteiger partial charge in [0.1, 0.15) is 6.26 Å². The molecule has 1 amide bonds. The first-order valence-electron chi connectivity index (χ1n) is 10.5. The van der Waals surface area contributed by atoms with Crippen LogP contribution in [0.1, 0.15) is 47.8 Å². The largest absolute Gasteiger partial charge is 0.447 e. The highest BCUT2D eigenvalue weighted by Crippen LogP contribution is 2.30. The topological polar surface area (TPSA) is 52.8 Å². The maximum absolute atomic E-state index is 13.1. The Morgan fingerprint density at radius 3 is 2.58 bits per heavy atom. The normalized spacial score (nSPS) is 16.7. The molecule has 0 aliphatic carbocycles. The quantitative estimate of drug-likeness (QED) is 0.657. The van der Waals surface area contributed by atoms with Crippen LogP contribution in [0.3, 0.4) is 0 Å². The van der Waals surface area contributed by atoms with Gasteiger partial charge in [0.05, 0.1) is 12.1 Å². The zero-order valence-corrected chi connectivity index (χ0v) is 18.2. The Balaban J connectivity index is 1.70. The highest BCUT2D eigenvalue weighted by molar-refractivity contribution is 5.92. The summed E-state index contributed by atoms with van der Waals surface area (Å²) in [6.45, 7) is 7.57. The number of hydrogen-bond acceptors (Lipinski definition) is 5.